The van der Waals surface area contributed by atoms with Crippen molar-refractivity contribution in [1.82, 2.24) is 5.32 Å². The van der Waals surface area contributed by atoms with Crippen LogP contribution in [0.25, 0.3) is 0 Å². The molecule has 0 bridgehead atoms. The summed E-state index contributed by atoms with van der Waals surface area (Å²) in [5.41, 5.74) is 1.27. The van der Waals surface area contributed by atoms with Gasteiger partial charge in [0.05, 0.1) is 0 Å². The van der Waals surface area contributed by atoms with Crippen LogP contribution in [0.5, 0.6) is 0 Å². The fourth-order valence-corrected chi connectivity index (χ4v) is 2.25. The van der Waals surface area contributed by atoms with Crippen molar-refractivity contribution >= 4 is 33.8 Å². The molecule has 7 heteroatoms. The van der Waals surface area contributed by atoms with E-state index in [0.29, 0.717) is 5.56 Å². The Morgan fingerprint density at radius 3 is 2.31 bits per heavy atom. The van der Waals surface area contributed by atoms with E-state index in [-0.39, 0.29) is 12.4 Å². The number of carbonyl (C=O) groups is 3. The van der Waals surface area contributed by atoms with E-state index in [2.05, 4.69) is 21.2 Å². The van der Waals surface area contributed by atoms with E-state index in [9.17, 15) is 14.4 Å². The van der Waals surface area contributed by atoms with Crippen molar-refractivity contribution in [2.75, 3.05) is 6.61 Å². The molecule has 0 radical (unpaired) electrons. The van der Waals surface area contributed by atoms with Gasteiger partial charge >= 0.3 is 12.1 Å². The lowest BCUT2D eigenvalue weighted by atomic mass is 10.1. The first-order chi connectivity index (χ1) is 12.5. The zero-order chi connectivity index (χ0) is 18.9. The number of alkyl carbamates (subject to hydrolysis) is 1. The van der Waals surface area contributed by atoms with Gasteiger partial charge in [0.1, 0.15) is 12.6 Å². The SMILES string of the molecule is CC(NC(=O)OCc1ccccc1)C(=O)OCC(=O)c1ccc(Br)cc1. The van der Waals surface area contributed by atoms with E-state index in [4.69, 9.17) is 9.47 Å². The molecule has 0 aliphatic rings. The summed E-state index contributed by atoms with van der Waals surface area (Å²) in [6, 6.07) is 14.9. The molecule has 0 heterocycles. The quantitative estimate of drug-likeness (QED) is 0.548. The Balaban J connectivity index is 1.73. The number of rotatable bonds is 7. The van der Waals surface area contributed by atoms with Gasteiger partial charge in [0.2, 0.25) is 0 Å². The Morgan fingerprint density at radius 1 is 1.00 bits per heavy atom. The molecule has 0 fully saturated rings. The molecule has 2 aromatic rings. The van der Waals surface area contributed by atoms with Crippen LogP contribution in [0.3, 0.4) is 0 Å². The van der Waals surface area contributed by atoms with Crippen LogP contribution < -0.4 is 5.32 Å². The minimum atomic E-state index is -0.934. The molecule has 136 valence electrons. The van der Waals surface area contributed by atoms with Crippen LogP contribution in [0.15, 0.2) is 59.1 Å². The van der Waals surface area contributed by atoms with Crippen molar-refractivity contribution in [3.8, 4) is 0 Å². The number of ketones is 1. The second-order valence-corrected chi connectivity index (χ2v) is 6.38. The molecule has 0 aliphatic carbocycles. The third-order valence-corrected chi connectivity index (χ3v) is 3.94. The van der Waals surface area contributed by atoms with Crippen LogP contribution in [-0.4, -0.2) is 30.5 Å². The lowest BCUT2D eigenvalue weighted by Crippen LogP contribution is -2.40. The zero-order valence-electron chi connectivity index (χ0n) is 14.1. The Morgan fingerprint density at radius 2 is 1.65 bits per heavy atom. The van der Waals surface area contributed by atoms with Crippen molar-refractivity contribution < 1.29 is 23.9 Å². The highest BCUT2D eigenvalue weighted by Crippen LogP contribution is 2.11. The van der Waals surface area contributed by atoms with Crippen molar-refractivity contribution in [3.05, 3.63) is 70.2 Å². The Hall–Kier alpha value is -2.67. The van der Waals surface area contributed by atoms with Crippen LogP contribution in [-0.2, 0) is 20.9 Å². The number of nitrogens with one attached hydrogen (secondary N) is 1. The van der Waals surface area contributed by atoms with Gasteiger partial charge in [-0.25, -0.2) is 9.59 Å². The Bertz CT molecular complexity index is 761. The fraction of sp³-hybridized carbons (Fsp3) is 0.211. The number of hydrogen-bond acceptors (Lipinski definition) is 5. The molecule has 6 nitrogen and oxygen atoms in total. The smallest absolute Gasteiger partial charge is 0.408 e. The fourth-order valence-electron chi connectivity index (χ4n) is 1.98. The molecule has 2 aromatic carbocycles. The summed E-state index contributed by atoms with van der Waals surface area (Å²) in [6.45, 7) is 1.15. The zero-order valence-corrected chi connectivity index (χ0v) is 15.7. The van der Waals surface area contributed by atoms with Crippen LogP contribution in [0.4, 0.5) is 4.79 Å². The maximum atomic E-state index is 12.0. The average molecular weight is 420 g/mol. The van der Waals surface area contributed by atoms with E-state index in [1.54, 1.807) is 24.3 Å². The minimum absolute atomic E-state index is 0.0937. The number of benzene rings is 2. The van der Waals surface area contributed by atoms with Crippen LogP contribution >= 0.6 is 15.9 Å². The largest absolute Gasteiger partial charge is 0.456 e. The first-order valence-electron chi connectivity index (χ1n) is 7.88. The van der Waals surface area contributed by atoms with Gasteiger partial charge in [0.15, 0.2) is 12.4 Å². The Kier molecular flexibility index (Phi) is 7.35. The molecular formula is C19H18BrNO5. The molecular weight excluding hydrogens is 402 g/mol. The summed E-state index contributed by atoms with van der Waals surface area (Å²) in [6.07, 6.45) is -0.738. The first-order valence-corrected chi connectivity index (χ1v) is 8.67. The van der Waals surface area contributed by atoms with Gasteiger partial charge in [-0.3, -0.25) is 4.79 Å². The number of Topliss-reactive ketones (excluding diaryl/α,β-unsaturated/α-hetero) is 1. The summed E-state index contributed by atoms with van der Waals surface area (Å²) in [4.78, 5) is 35.6. The highest BCUT2D eigenvalue weighted by atomic mass is 79.9. The second kappa shape index (κ2) is 9.72. The van der Waals surface area contributed by atoms with Crippen molar-refractivity contribution in [3.63, 3.8) is 0 Å². The van der Waals surface area contributed by atoms with Gasteiger partial charge < -0.3 is 14.8 Å². The maximum Gasteiger partial charge on any atom is 0.408 e. The third-order valence-electron chi connectivity index (χ3n) is 3.41. The van der Waals surface area contributed by atoms with Gasteiger partial charge in [-0.15, -0.1) is 0 Å². The van der Waals surface area contributed by atoms with Crippen LogP contribution in [0.2, 0.25) is 0 Å². The predicted molar refractivity (Wildman–Crippen MR) is 98.7 cm³/mol. The van der Waals surface area contributed by atoms with Gasteiger partial charge in [0, 0.05) is 10.0 Å². The summed E-state index contributed by atoms with van der Waals surface area (Å²) in [5, 5.41) is 2.37. The number of halogens is 1. The van der Waals surface area contributed by atoms with E-state index < -0.39 is 24.7 Å². The second-order valence-electron chi connectivity index (χ2n) is 5.47. The van der Waals surface area contributed by atoms with Gasteiger partial charge in [-0.05, 0) is 24.6 Å². The van der Waals surface area contributed by atoms with Gasteiger partial charge in [0.25, 0.3) is 0 Å². The van der Waals surface area contributed by atoms with Crippen molar-refractivity contribution in [1.29, 1.82) is 0 Å². The topological polar surface area (TPSA) is 81.7 Å². The normalized spacial score (nSPS) is 11.3. The lowest BCUT2D eigenvalue weighted by molar-refractivity contribution is -0.144. The van der Waals surface area contributed by atoms with E-state index >= 15 is 0 Å². The van der Waals surface area contributed by atoms with E-state index in [1.807, 2.05) is 30.3 Å². The number of amides is 1. The number of hydrogen-bond donors (Lipinski definition) is 1. The van der Waals surface area contributed by atoms with Gasteiger partial charge in [-0.1, -0.05) is 58.4 Å². The summed E-state index contributed by atoms with van der Waals surface area (Å²) >= 11 is 3.28. The minimum Gasteiger partial charge on any atom is -0.456 e. The lowest BCUT2D eigenvalue weighted by Gasteiger charge is -2.13. The number of ether oxygens (including phenoxy) is 2. The highest BCUT2D eigenvalue weighted by Gasteiger charge is 2.19. The average Bonchev–Trinajstić information content (AvgIpc) is 2.65. The Labute approximate surface area is 159 Å². The molecule has 1 atom stereocenters. The monoisotopic (exact) mass is 419 g/mol. The molecule has 1 unspecified atom stereocenters. The number of esters is 1. The molecule has 0 saturated heterocycles. The molecule has 2 rings (SSSR count). The summed E-state index contributed by atoms with van der Waals surface area (Å²) in [7, 11) is 0. The molecule has 1 amide bonds. The van der Waals surface area contributed by atoms with Crippen LogP contribution in [0, 0.1) is 0 Å². The van der Waals surface area contributed by atoms with E-state index in [1.165, 1.54) is 6.92 Å². The highest BCUT2D eigenvalue weighted by molar-refractivity contribution is 9.10. The summed E-state index contributed by atoms with van der Waals surface area (Å²) in [5.74, 6) is -1.04. The van der Waals surface area contributed by atoms with Gasteiger partial charge in [-0.2, -0.15) is 0 Å². The summed E-state index contributed by atoms with van der Waals surface area (Å²) < 4.78 is 10.8. The third kappa shape index (κ3) is 6.33. The molecule has 1 N–H and O–H groups in total. The van der Waals surface area contributed by atoms with Crippen molar-refractivity contribution in [2.45, 2.75) is 19.6 Å². The predicted octanol–water partition coefficient (Wildman–Crippen LogP) is 3.49. The van der Waals surface area contributed by atoms with Crippen molar-refractivity contribution in [2.24, 2.45) is 0 Å². The first kappa shape index (κ1) is 19.7. The molecule has 0 spiro atoms. The molecule has 0 saturated carbocycles. The van der Waals surface area contributed by atoms with Crippen LogP contribution in [0.1, 0.15) is 22.8 Å². The standard InChI is InChI=1S/C19H18BrNO5/c1-13(21-19(24)26-11-14-5-3-2-4-6-14)18(23)25-12-17(22)15-7-9-16(20)10-8-15/h2-10,13H,11-12H2,1H3,(H,21,24). The van der Waals surface area contributed by atoms with E-state index in [0.717, 1.165) is 10.0 Å². The molecule has 26 heavy (non-hydrogen) atoms. The molecule has 0 aromatic heterocycles. The maximum absolute atomic E-state index is 12.0. The number of carbonyl (C=O) groups excluding carboxylic acids is 3. The molecule has 0 aliphatic heterocycles.